The van der Waals surface area contributed by atoms with Crippen LogP contribution in [0.15, 0.2) is 0 Å². The Morgan fingerprint density at radius 3 is 2.89 bits per heavy atom. The molecule has 1 N–H and O–H groups in total. The number of hydrogen-bond acceptors (Lipinski definition) is 2. The normalized spacial score (nSPS) is 15.9. The Morgan fingerprint density at radius 1 is 1.78 bits per heavy atom. The van der Waals surface area contributed by atoms with Crippen LogP contribution >= 0.6 is 0 Å². The SMILES string of the molecule is C#CNC(=O)OC1CC1. The van der Waals surface area contributed by atoms with Gasteiger partial charge in [-0.1, -0.05) is 6.42 Å². The summed E-state index contributed by atoms with van der Waals surface area (Å²) in [6, 6.07) is 1.98. The highest BCUT2D eigenvalue weighted by atomic mass is 16.6. The lowest BCUT2D eigenvalue weighted by molar-refractivity contribution is 0.144. The second-order valence-corrected chi connectivity index (χ2v) is 1.87. The number of amides is 1. The number of nitrogens with one attached hydrogen (secondary N) is 1. The topological polar surface area (TPSA) is 38.3 Å². The molecular weight excluding hydrogens is 118 g/mol. The molecule has 0 aliphatic heterocycles. The van der Waals surface area contributed by atoms with E-state index in [2.05, 4.69) is 5.32 Å². The van der Waals surface area contributed by atoms with Crippen molar-refractivity contribution in [3.63, 3.8) is 0 Å². The van der Waals surface area contributed by atoms with Crippen LogP contribution in [-0.4, -0.2) is 12.2 Å². The molecule has 48 valence electrons. The molecule has 0 radical (unpaired) electrons. The van der Waals surface area contributed by atoms with Crippen molar-refractivity contribution in [2.24, 2.45) is 0 Å². The van der Waals surface area contributed by atoms with Gasteiger partial charge < -0.3 is 4.74 Å². The Kier molecular flexibility index (Phi) is 1.59. The summed E-state index contributed by atoms with van der Waals surface area (Å²) in [6.07, 6.45) is 6.31. The molecule has 1 amide bonds. The van der Waals surface area contributed by atoms with E-state index in [1.807, 2.05) is 6.04 Å². The van der Waals surface area contributed by atoms with Crippen molar-refractivity contribution >= 4 is 6.09 Å². The standard InChI is InChI=1S/C6H7NO2/c1-2-7-6(8)9-5-3-4-5/h1,5H,3-4H2,(H,7,8). The molecule has 1 fully saturated rings. The average Bonchev–Trinajstić information content (AvgIpc) is 2.50. The second-order valence-electron chi connectivity index (χ2n) is 1.87. The van der Waals surface area contributed by atoms with Crippen LogP contribution in [0.1, 0.15) is 12.8 Å². The van der Waals surface area contributed by atoms with Crippen LogP contribution in [0.3, 0.4) is 0 Å². The molecule has 0 unspecified atom stereocenters. The van der Waals surface area contributed by atoms with Crippen LogP contribution in [-0.2, 0) is 4.74 Å². The second kappa shape index (κ2) is 2.40. The highest BCUT2D eigenvalue weighted by Crippen LogP contribution is 2.23. The van der Waals surface area contributed by atoms with Crippen molar-refractivity contribution < 1.29 is 9.53 Å². The van der Waals surface area contributed by atoms with Gasteiger partial charge in [0.2, 0.25) is 0 Å². The number of alkyl carbamates (subject to hydrolysis) is 1. The van der Waals surface area contributed by atoms with E-state index in [1.165, 1.54) is 0 Å². The summed E-state index contributed by atoms with van der Waals surface area (Å²) in [5.74, 6) is 0. The van der Waals surface area contributed by atoms with Crippen molar-refractivity contribution in [2.75, 3.05) is 0 Å². The van der Waals surface area contributed by atoms with Gasteiger partial charge in [-0.3, -0.25) is 0 Å². The fraction of sp³-hybridized carbons (Fsp3) is 0.500. The maximum Gasteiger partial charge on any atom is 0.419 e. The first-order chi connectivity index (χ1) is 4.33. The summed E-state index contributed by atoms with van der Waals surface area (Å²) in [5, 5.41) is 2.08. The van der Waals surface area contributed by atoms with E-state index in [0.29, 0.717) is 0 Å². The van der Waals surface area contributed by atoms with E-state index in [4.69, 9.17) is 11.2 Å². The van der Waals surface area contributed by atoms with Crippen LogP contribution < -0.4 is 5.32 Å². The van der Waals surface area contributed by atoms with Crippen LogP contribution in [0.5, 0.6) is 0 Å². The molecule has 3 heteroatoms. The van der Waals surface area contributed by atoms with Gasteiger partial charge in [0.15, 0.2) is 0 Å². The summed E-state index contributed by atoms with van der Waals surface area (Å²) in [5.41, 5.74) is 0. The smallest absolute Gasteiger partial charge is 0.419 e. The molecule has 1 aliphatic rings. The first-order valence-corrected chi connectivity index (χ1v) is 2.75. The van der Waals surface area contributed by atoms with Crippen molar-refractivity contribution in [3.8, 4) is 12.5 Å². The molecule has 0 aromatic heterocycles. The van der Waals surface area contributed by atoms with Gasteiger partial charge >= 0.3 is 6.09 Å². The van der Waals surface area contributed by atoms with Gasteiger partial charge in [0.1, 0.15) is 6.10 Å². The maximum atomic E-state index is 10.4. The van der Waals surface area contributed by atoms with E-state index < -0.39 is 6.09 Å². The zero-order valence-electron chi connectivity index (χ0n) is 4.89. The quantitative estimate of drug-likeness (QED) is 0.408. The van der Waals surface area contributed by atoms with Gasteiger partial charge in [0.25, 0.3) is 0 Å². The minimum Gasteiger partial charge on any atom is -0.446 e. The van der Waals surface area contributed by atoms with Gasteiger partial charge in [0.05, 0.1) is 0 Å². The predicted octanol–water partition coefficient (Wildman–Crippen LogP) is 0.466. The van der Waals surface area contributed by atoms with Crippen molar-refractivity contribution in [3.05, 3.63) is 0 Å². The van der Waals surface area contributed by atoms with Crippen molar-refractivity contribution in [1.82, 2.24) is 5.32 Å². The molecule has 0 saturated heterocycles. The molecule has 9 heavy (non-hydrogen) atoms. The lowest BCUT2D eigenvalue weighted by Crippen LogP contribution is -2.19. The number of rotatable bonds is 1. The zero-order valence-corrected chi connectivity index (χ0v) is 4.89. The fourth-order valence-corrected chi connectivity index (χ4v) is 0.426. The van der Waals surface area contributed by atoms with Crippen LogP contribution in [0.25, 0.3) is 0 Å². The first kappa shape index (κ1) is 5.96. The maximum absolute atomic E-state index is 10.4. The molecular formula is C6H7NO2. The largest absolute Gasteiger partial charge is 0.446 e. The Morgan fingerprint density at radius 2 is 2.44 bits per heavy atom. The molecule has 3 nitrogen and oxygen atoms in total. The van der Waals surface area contributed by atoms with Gasteiger partial charge in [-0.05, 0) is 12.8 Å². The summed E-state index contributed by atoms with van der Waals surface area (Å²) >= 11 is 0. The summed E-state index contributed by atoms with van der Waals surface area (Å²) in [6.45, 7) is 0. The predicted molar refractivity (Wildman–Crippen MR) is 31.5 cm³/mol. The molecule has 1 rings (SSSR count). The number of carbonyl (C=O) groups is 1. The van der Waals surface area contributed by atoms with E-state index in [9.17, 15) is 4.79 Å². The number of ether oxygens (including phenoxy) is 1. The molecule has 0 spiro atoms. The van der Waals surface area contributed by atoms with E-state index in [1.54, 1.807) is 0 Å². The Hall–Kier alpha value is -1.17. The van der Waals surface area contributed by atoms with E-state index >= 15 is 0 Å². The molecule has 0 bridgehead atoms. The van der Waals surface area contributed by atoms with Gasteiger partial charge in [-0.25, -0.2) is 10.1 Å². The zero-order chi connectivity index (χ0) is 6.69. The lowest BCUT2D eigenvalue weighted by atomic mass is 10.8. The first-order valence-electron chi connectivity index (χ1n) is 2.75. The van der Waals surface area contributed by atoms with Crippen molar-refractivity contribution in [1.29, 1.82) is 0 Å². The molecule has 0 aromatic carbocycles. The lowest BCUT2D eigenvalue weighted by Gasteiger charge is -1.97. The summed E-state index contributed by atoms with van der Waals surface area (Å²) in [7, 11) is 0. The Balaban J connectivity index is 2.11. The number of hydrogen-bond donors (Lipinski definition) is 1. The number of carbonyl (C=O) groups excluding carboxylic acids is 1. The van der Waals surface area contributed by atoms with Gasteiger partial charge in [-0.15, -0.1) is 0 Å². The Labute approximate surface area is 53.4 Å². The molecule has 0 aromatic rings. The highest BCUT2D eigenvalue weighted by Gasteiger charge is 2.25. The third-order valence-corrected chi connectivity index (χ3v) is 0.972. The highest BCUT2D eigenvalue weighted by molar-refractivity contribution is 5.69. The average molecular weight is 125 g/mol. The third-order valence-electron chi connectivity index (χ3n) is 0.972. The fourth-order valence-electron chi connectivity index (χ4n) is 0.426. The molecule has 1 saturated carbocycles. The van der Waals surface area contributed by atoms with E-state index in [0.717, 1.165) is 12.8 Å². The van der Waals surface area contributed by atoms with E-state index in [-0.39, 0.29) is 6.10 Å². The minimum absolute atomic E-state index is 0.123. The van der Waals surface area contributed by atoms with Gasteiger partial charge in [0, 0.05) is 6.04 Å². The summed E-state index contributed by atoms with van der Waals surface area (Å²) < 4.78 is 4.71. The monoisotopic (exact) mass is 125 g/mol. The third kappa shape index (κ3) is 2.04. The van der Waals surface area contributed by atoms with Crippen molar-refractivity contribution in [2.45, 2.75) is 18.9 Å². The number of terminal acetylenes is 1. The van der Waals surface area contributed by atoms with Crippen LogP contribution in [0.4, 0.5) is 4.79 Å². The Bertz CT molecular complexity index is 155. The summed E-state index contributed by atoms with van der Waals surface area (Å²) in [4.78, 5) is 10.4. The minimum atomic E-state index is -0.514. The van der Waals surface area contributed by atoms with Crippen LogP contribution in [0, 0.1) is 12.5 Å². The van der Waals surface area contributed by atoms with Gasteiger partial charge in [-0.2, -0.15) is 0 Å². The van der Waals surface area contributed by atoms with Crippen LogP contribution in [0.2, 0.25) is 0 Å². The molecule has 0 atom stereocenters. The molecule has 1 aliphatic carbocycles. The molecule has 0 heterocycles.